The Hall–Kier alpha value is -3.42. The molecule has 1 aliphatic rings. The fourth-order valence-corrected chi connectivity index (χ4v) is 3.86. The van der Waals surface area contributed by atoms with E-state index in [-0.39, 0.29) is 0 Å². The van der Waals surface area contributed by atoms with Crippen molar-refractivity contribution in [3.8, 4) is 17.2 Å². The Balaban J connectivity index is 1.44. The third kappa shape index (κ3) is 4.37. The Bertz CT molecular complexity index is 1030. The molecule has 4 heteroatoms. The van der Waals surface area contributed by atoms with Crippen molar-refractivity contribution >= 4 is 12.0 Å². The van der Waals surface area contributed by atoms with E-state index < -0.39 is 0 Å². The Morgan fingerprint density at radius 3 is 2.38 bits per heavy atom. The van der Waals surface area contributed by atoms with Crippen molar-refractivity contribution in [2.45, 2.75) is 6.54 Å². The van der Waals surface area contributed by atoms with Crippen LogP contribution in [0.3, 0.4) is 0 Å². The van der Waals surface area contributed by atoms with Crippen LogP contribution in [-0.2, 0) is 6.54 Å². The minimum atomic E-state index is 0.687. The van der Waals surface area contributed by atoms with Crippen LogP contribution in [-0.4, -0.2) is 37.4 Å². The Morgan fingerprint density at radius 2 is 1.66 bits per heavy atom. The van der Waals surface area contributed by atoms with Gasteiger partial charge in [-0.05, 0) is 53.1 Å². The molecule has 0 bridgehead atoms. The second kappa shape index (κ2) is 8.72. The zero-order chi connectivity index (χ0) is 20.1. The SMILES string of the molecule is N#Cc1cccc(-c2ccccc2CN2CCN(c3ccc(C=O)cc3)CC2)c1. The first kappa shape index (κ1) is 18.9. The summed E-state index contributed by atoms with van der Waals surface area (Å²) in [7, 11) is 0. The van der Waals surface area contributed by atoms with Crippen molar-refractivity contribution in [2.24, 2.45) is 0 Å². The molecule has 0 spiro atoms. The summed E-state index contributed by atoms with van der Waals surface area (Å²) in [6.07, 6.45) is 0.880. The zero-order valence-corrected chi connectivity index (χ0v) is 16.3. The molecule has 1 aliphatic heterocycles. The molecule has 0 radical (unpaired) electrons. The summed E-state index contributed by atoms with van der Waals surface area (Å²) in [5.41, 5.74) is 6.14. The summed E-state index contributed by atoms with van der Waals surface area (Å²) in [6.45, 7) is 4.80. The van der Waals surface area contributed by atoms with E-state index in [1.54, 1.807) is 0 Å². The summed E-state index contributed by atoms with van der Waals surface area (Å²) in [6, 6.07) is 26.3. The average molecular weight is 381 g/mol. The van der Waals surface area contributed by atoms with Gasteiger partial charge in [-0.25, -0.2) is 0 Å². The first-order valence-corrected chi connectivity index (χ1v) is 9.88. The van der Waals surface area contributed by atoms with Gasteiger partial charge in [0.25, 0.3) is 0 Å². The van der Waals surface area contributed by atoms with E-state index in [2.05, 4.69) is 46.2 Å². The first-order valence-electron chi connectivity index (χ1n) is 9.88. The van der Waals surface area contributed by atoms with Gasteiger partial charge in [0.1, 0.15) is 6.29 Å². The van der Waals surface area contributed by atoms with Crippen LogP contribution in [0.4, 0.5) is 5.69 Å². The summed E-state index contributed by atoms with van der Waals surface area (Å²) >= 11 is 0. The number of hydrogen-bond acceptors (Lipinski definition) is 4. The standard InChI is InChI=1S/C25H23N3O/c26-17-21-4-3-6-22(16-21)25-7-2-1-5-23(25)18-27-12-14-28(15-13-27)24-10-8-20(19-29)9-11-24/h1-11,16,19H,12-15,18H2. The second-order valence-electron chi connectivity index (χ2n) is 7.32. The van der Waals surface area contributed by atoms with Gasteiger partial charge in [-0.15, -0.1) is 0 Å². The lowest BCUT2D eigenvalue weighted by Crippen LogP contribution is -2.46. The normalized spacial score (nSPS) is 14.4. The van der Waals surface area contributed by atoms with Gasteiger partial charge in [-0.3, -0.25) is 9.69 Å². The summed E-state index contributed by atoms with van der Waals surface area (Å²) < 4.78 is 0. The number of rotatable bonds is 5. The number of hydrogen-bond donors (Lipinski definition) is 0. The molecule has 144 valence electrons. The molecule has 0 unspecified atom stereocenters. The maximum atomic E-state index is 10.8. The number of aldehydes is 1. The highest BCUT2D eigenvalue weighted by atomic mass is 16.1. The Morgan fingerprint density at radius 1 is 0.897 bits per heavy atom. The molecule has 1 fully saturated rings. The molecule has 3 aromatic rings. The molecule has 0 saturated carbocycles. The summed E-state index contributed by atoms with van der Waals surface area (Å²) in [5, 5.41) is 9.21. The van der Waals surface area contributed by atoms with Crippen LogP contribution >= 0.6 is 0 Å². The molecular formula is C25H23N3O. The van der Waals surface area contributed by atoms with Crippen molar-refractivity contribution in [3.63, 3.8) is 0 Å². The molecule has 0 aliphatic carbocycles. The summed E-state index contributed by atoms with van der Waals surface area (Å²) in [4.78, 5) is 15.7. The van der Waals surface area contributed by atoms with Crippen molar-refractivity contribution in [3.05, 3.63) is 89.5 Å². The van der Waals surface area contributed by atoms with Gasteiger partial charge in [0, 0.05) is 44.0 Å². The first-order chi connectivity index (χ1) is 14.3. The van der Waals surface area contributed by atoms with Crippen LogP contribution in [0.25, 0.3) is 11.1 Å². The minimum absolute atomic E-state index is 0.687. The van der Waals surface area contributed by atoms with Gasteiger partial charge in [0.05, 0.1) is 11.6 Å². The number of benzene rings is 3. The van der Waals surface area contributed by atoms with Crippen LogP contribution in [0.15, 0.2) is 72.8 Å². The monoisotopic (exact) mass is 381 g/mol. The van der Waals surface area contributed by atoms with Gasteiger partial charge in [-0.1, -0.05) is 36.4 Å². The van der Waals surface area contributed by atoms with E-state index in [4.69, 9.17) is 0 Å². The van der Waals surface area contributed by atoms with Gasteiger partial charge < -0.3 is 4.90 Å². The Labute approximate surface area is 171 Å². The fourth-order valence-electron chi connectivity index (χ4n) is 3.86. The zero-order valence-electron chi connectivity index (χ0n) is 16.3. The van der Waals surface area contributed by atoms with Crippen molar-refractivity contribution in [1.82, 2.24) is 4.90 Å². The molecule has 1 heterocycles. The van der Waals surface area contributed by atoms with Crippen LogP contribution in [0.5, 0.6) is 0 Å². The number of carbonyl (C=O) groups is 1. The van der Waals surface area contributed by atoms with E-state index in [1.807, 2.05) is 42.5 Å². The summed E-state index contributed by atoms with van der Waals surface area (Å²) in [5.74, 6) is 0. The van der Waals surface area contributed by atoms with Gasteiger partial charge in [0.15, 0.2) is 0 Å². The number of piperazine rings is 1. The molecule has 29 heavy (non-hydrogen) atoms. The molecule has 0 amide bonds. The predicted molar refractivity (Wildman–Crippen MR) is 116 cm³/mol. The fraction of sp³-hybridized carbons (Fsp3) is 0.200. The number of nitrogens with zero attached hydrogens (tertiary/aromatic N) is 3. The molecular weight excluding hydrogens is 358 g/mol. The maximum Gasteiger partial charge on any atom is 0.150 e. The molecule has 0 aromatic heterocycles. The molecule has 4 rings (SSSR count). The third-order valence-corrected chi connectivity index (χ3v) is 5.48. The van der Waals surface area contributed by atoms with E-state index in [0.717, 1.165) is 44.6 Å². The van der Waals surface area contributed by atoms with Gasteiger partial charge in [0.2, 0.25) is 0 Å². The lowest BCUT2D eigenvalue weighted by Gasteiger charge is -2.36. The van der Waals surface area contributed by atoms with Crippen molar-refractivity contribution in [1.29, 1.82) is 5.26 Å². The van der Waals surface area contributed by atoms with E-state index >= 15 is 0 Å². The van der Waals surface area contributed by atoms with E-state index in [0.29, 0.717) is 11.1 Å². The van der Waals surface area contributed by atoms with E-state index in [9.17, 15) is 10.1 Å². The Kier molecular flexibility index (Phi) is 5.69. The highest BCUT2D eigenvalue weighted by Gasteiger charge is 2.18. The van der Waals surface area contributed by atoms with Crippen LogP contribution < -0.4 is 4.90 Å². The number of nitriles is 1. The molecule has 1 saturated heterocycles. The van der Waals surface area contributed by atoms with Crippen LogP contribution in [0.1, 0.15) is 21.5 Å². The second-order valence-corrected chi connectivity index (χ2v) is 7.32. The number of anilines is 1. The lowest BCUT2D eigenvalue weighted by molar-refractivity contribution is 0.112. The van der Waals surface area contributed by atoms with Crippen LogP contribution in [0, 0.1) is 11.3 Å². The molecule has 3 aromatic carbocycles. The van der Waals surface area contributed by atoms with Gasteiger partial charge in [-0.2, -0.15) is 5.26 Å². The number of carbonyl (C=O) groups excluding carboxylic acids is 1. The highest BCUT2D eigenvalue weighted by Crippen LogP contribution is 2.26. The lowest BCUT2D eigenvalue weighted by atomic mass is 9.98. The maximum absolute atomic E-state index is 10.8. The van der Waals surface area contributed by atoms with E-state index in [1.165, 1.54) is 16.8 Å². The predicted octanol–water partition coefficient (Wildman–Crippen LogP) is 4.36. The molecule has 0 atom stereocenters. The quantitative estimate of drug-likeness (QED) is 0.616. The van der Waals surface area contributed by atoms with Crippen molar-refractivity contribution < 1.29 is 4.79 Å². The average Bonchev–Trinajstić information content (AvgIpc) is 2.80. The van der Waals surface area contributed by atoms with Crippen molar-refractivity contribution in [2.75, 3.05) is 31.1 Å². The minimum Gasteiger partial charge on any atom is -0.369 e. The highest BCUT2D eigenvalue weighted by molar-refractivity contribution is 5.75. The topological polar surface area (TPSA) is 47.3 Å². The largest absolute Gasteiger partial charge is 0.369 e. The third-order valence-electron chi connectivity index (χ3n) is 5.48. The van der Waals surface area contributed by atoms with Crippen LogP contribution in [0.2, 0.25) is 0 Å². The smallest absolute Gasteiger partial charge is 0.150 e. The molecule has 4 nitrogen and oxygen atoms in total. The van der Waals surface area contributed by atoms with Gasteiger partial charge >= 0.3 is 0 Å². The molecule has 0 N–H and O–H groups in total.